The van der Waals surface area contributed by atoms with Gasteiger partial charge in [-0.05, 0) is 31.5 Å². The van der Waals surface area contributed by atoms with Crippen LogP contribution in [0.4, 0.5) is 5.69 Å². The Morgan fingerprint density at radius 2 is 2.12 bits per heavy atom. The van der Waals surface area contributed by atoms with Gasteiger partial charge in [-0.25, -0.2) is 0 Å². The van der Waals surface area contributed by atoms with E-state index < -0.39 is 0 Å². The fraction of sp³-hybridized carbons (Fsp3) is 0.188. The number of nitrogens with one attached hydrogen (secondary N) is 2. The molecule has 0 bridgehead atoms. The Hall–Kier alpha value is -2.31. The minimum Gasteiger partial charge on any atom is -0.317 e. The summed E-state index contributed by atoms with van der Waals surface area (Å²) in [6.07, 6.45) is 1.39. The third-order valence-electron chi connectivity index (χ3n) is 3.66. The van der Waals surface area contributed by atoms with E-state index in [-0.39, 0.29) is 16.6 Å². The number of H-pyrrole nitrogens is 1. The average molecular weight is 364 g/mol. The topological polar surface area (TPSA) is 75.6 Å². The normalized spacial score (nSPS) is 10.8. The molecule has 0 aliphatic carbocycles. The van der Waals surface area contributed by atoms with Crippen molar-refractivity contribution in [2.75, 3.05) is 5.32 Å². The summed E-state index contributed by atoms with van der Waals surface area (Å²) in [5.41, 5.74) is 3.48. The molecule has 24 heavy (non-hydrogen) atoms. The number of benzene rings is 1. The monoisotopic (exact) mass is 363 g/mol. The Bertz CT molecular complexity index is 900. The maximum atomic E-state index is 12.3. The van der Waals surface area contributed by atoms with Gasteiger partial charge >= 0.3 is 0 Å². The van der Waals surface area contributed by atoms with E-state index in [4.69, 9.17) is 23.2 Å². The zero-order chi connectivity index (χ0) is 17.3. The van der Waals surface area contributed by atoms with E-state index in [1.165, 1.54) is 6.20 Å². The first kappa shape index (κ1) is 16.5. The second-order valence-corrected chi connectivity index (χ2v) is 6.22. The van der Waals surface area contributed by atoms with Gasteiger partial charge < -0.3 is 5.32 Å². The molecule has 2 heterocycles. The van der Waals surface area contributed by atoms with Gasteiger partial charge in [-0.1, -0.05) is 35.3 Å². The summed E-state index contributed by atoms with van der Waals surface area (Å²) < 4.78 is 1.82. The largest absolute Gasteiger partial charge is 0.317 e. The van der Waals surface area contributed by atoms with Crippen molar-refractivity contribution in [2.45, 2.75) is 20.4 Å². The average Bonchev–Trinajstić information content (AvgIpc) is 3.06. The molecule has 1 amide bonds. The molecule has 0 aliphatic rings. The molecule has 6 nitrogen and oxygen atoms in total. The Kier molecular flexibility index (Phi) is 4.59. The van der Waals surface area contributed by atoms with Gasteiger partial charge in [0.05, 0.1) is 34.8 Å². The third-order valence-corrected chi connectivity index (χ3v) is 4.18. The van der Waals surface area contributed by atoms with E-state index in [0.29, 0.717) is 17.3 Å². The van der Waals surface area contributed by atoms with Gasteiger partial charge in [-0.3, -0.25) is 14.6 Å². The first-order valence-corrected chi connectivity index (χ1v) is 8.00. The molecule has 0 radical (unpaired) electrons. The minimum atomic E-state index is -0.356. The number of rotatable bonds is 4. The molecule has 0 atom stereocenters. The minimum absolute atomic E-state index is 0.220. The van der Waals surface area contributed by atoms with Crippen LogP contribution in [0.3, 0.4) is 0 Å². The second-order valence-electron chi connectivity index (χ2n) is 5.38. The molecule has 2 aromatic heterocycles. The van der Waals surface area contributed by atoms with Gasteiger partial charge in [0.15, 0.2) is 0 Å². The summed E-state index contributed by atoms with van der Waals surface area (Å²) in [6.45, 7) is 4.30. The fourth-order valence-corrected chi connectivity index (χ4v) is 2.84. The van der Waals surface area contributed by atoms with Crippen molar-refractivity contribution in [2.24, 2.45) is 0 Å². The highest BCUT2D eigenvalue weighted by molar-refractivity contribution is 6.34. The zero-order valence-corrected chi connectivity index (χ0v) is 14.6. The summed E-state index contributed by atoms with van der Waals surface area (Å²) in [7, 11) is 0. The molecule has 0 aliphatic heterocycles. The Morgan fingerprint density at radius 3 is 2.79 bits per heavy atom. The van der Waals surface area contributed by atoms with Crippen molar-refractivity contribution >= 4 is 34.8 Å². The van der Waals surface area contributed by atoms with E-state index in [2.05, 4.69) is 20.6 Å². The van der Waals surface area contributed by atoms with Gasteiger partial charge in [0.25, 0.3) is 5.91 Å². The quantitative estimate of drug-likeness (QED) is 0.739. The van der Waals surface area contributed by atoms with Gasteiger partial charge in [0.1, 0.15) is 5.69 Å². The lowest BCUT2D eigenvalue weighted by atomic mass is 10.2. The summed E-state index contributed by atoms with van der Waals surface area (Å²) in [6, 6.07) is 7.59. The van der Waals surface area contributed by atoms with Crippen LogP contribution >= 0.6 is 23.2 Å². The number of aromatic amines is 1. The molecule has 0 saturated carbocycles. The van der Waals surface area contributed by atoms with Gasteiger partial charge in [-0.2, -0.15) is 10.2 Å². The van der Waals surface area contributed by atoms with Crippen LogP contribution in [0, 0.1) is 13.8 Å². The maximum Gasteiger partial charge on any atom is 0.275 e. The molecule has 124 valence electrons. The van der Waals surface area contributed by atoms with Gasteiger partial charge in [-0.15, -0.1) is 0 Å². The lowest BCUT2D eigenvalue weighted by molar-refractivity contribution is 0.102. The maximum absolute atomic E-state index is 12.3. The Balaban J connectivity index is 1.84. The van der Waals surface area contributed by atoms with Crippen molar-refractivity contribution in [3.8, 4) is 0 Å². The predicted molar refractivity (Wildman–Crippen MR) is 93.8 cm³/mol. The van der Waals surface area contributed by atoms with Crippen molar-refractivity contribution < 1.29 is 4.79 Å². The molecular weight excluding hydrogens is 349 g/mol. The third kappa shape index (κ3) is 3.29. The lowest BCUT2D eigenvalue weighted by Crippen LogP contribution is -2.14. The number of aryl methyl sites for hydroxylation is 1. The van der Waals surface area contributed by atoms with Gasteiger partial charge in [0, 0.05) is 5.02 Å². The lowest BCUT2D eigenvalue weighted by Gasteiger charge is -2.07. The SMILES string of the molecule is Cc1nn(Cc2cccc(Cl)c2)c(C)c1NC(=O)c1[nH]ncc1Cl. The van der Waals surface area contributed by atoms with Crippen LogP contribution < -0.4 is 5.32 Å². The van der Waals surface area contributed by atoms with Crippen molar-refractivity contribution in [1.82, 2.24) is 20.0 Å². The first-order valence-electron chi connectivity index (χ1n) is 7.24. The van der Waals surface area contributed by atoms with Crippen LogP contribution in [0.25, 0.3) is 0 Å². The molecule has 3 aromatic rings. The van der Waals surface area contributed by atoms with Crippen molar-refractivity contribution in [1.29, 1.82) is 0 Å². The van der Waals surface area contributed by atoms with Crippen LogP contribution in [0.5, 0.6) is 0 Å². The number of carbonyl (C=O) groups is 1. The molecule has 0 spiro atoms. The summed E-state index contributed by atoms with van der Waals surface area (Å²) in [5, 5.41) is 14.6. The molecule has 8 heteroatoms. The number of nitrogens with zero attached hydrogens (tertiary/aromatic N) is 3. The number of hydrogen-bond acceptors (Lipinski definition) is 3. The molecule has 0 saturated heterocycles. The number of hydrogen-bond donors (Lipinski definition) is 2. The standard InChI is InChI=1S/C16H15Cl2N5O/c1-9-14(20-16(24)15-13(18)7-19-21-15)10(2)23(22-9)8-11-4-3-5-12(17)6-11/h3-7H,8H2,1-2H3,(H,19,21)(H,20,24). The van der Waals surface area contributed by atoms with Gasteiger partial charge in [0.2, 0.25) is 0 Å². The highest BCUT2D eigenvalue weighted by atomic mass is 35.5. The highest BCUT2D eigenvalue weighted by Gasteiger charge is 2.18. The van der Waals surface area contributed by atoms with Crippen LogP contribution in [0.1, 0.15) is 27.4 Å². The molecular formula is C16H15Cl2N5O. The van der Waals surface area contributed by atoms with E-state index in [9.17, 15) is 4.79 Å². The van der Waals surface area contributed by atoms with Crippen molar-refractivity contribution in [3.63, 3.8) is 0 Å². The summed E-state index contributed by atoms with van der Waals surface area (Å²) in [4.78, 5) is 12.3. The molecule has 2 N–H and O–H groups in total. The summed E-state index contributed by atoms with van der Waals surface area (Å²) >= 11 is 11.9. The predicted octanol–water partition coefficient (Wildman–Crippen LogP) is 3.83. The molecule has 1 aromatic carbocycles. The van der Waals surface area contributed by atoms with Crippen LogP contribution in [0.2, 0.25) is 10.0 Å². The Labute approximate surface area is 148 Å². The number of aromatic nitrogens is 4. The number of carbonyl (C=O) groups excluding carboxylic acids is 1. The smallest absolute Gasteiger partial charge is 0.275 e. The van der Waals surface area contributed by atoms with Crippen LogP contribution in [-0.4, -0.2) is 25.9 Å². The zero-order valence-electron chi connectivity index (χ0n) is 13.1. The van der Waals surface area contributed by atoms with E-state index >= 15 is 0 Å². The van der Waals surface area contributed by atoms with E-state index in [1.807, 2.05) is 42.8 Å². The molecule has 0 fully saturated rings. The number of amides is 1. The first-order chi connectivity index (χ1) is 11.5. The van der Waals surface area contributed by atoms with E-state index in [1.54, 1.807) is 0 Å². The molecule has 3 rings (SSSR count). The Morgan fingerprint density at radius 1 is 1.33 bits per heavy atom. The second kappa shape index (κ2) is 6.67. The van der Waals surface area contributed by atoms with Crippen LogP contribution in [-0.2, 0) is 6.54 Å². The number of anilines is 1. The van der Waals surface area contributed by atoms with E-state index in [0.717, 1.165) is 17.0 Å². The number of halogens is 2. The fourth-order valence-electron chi connectivity index (χ4n) is 2.45. The summed E-state index contributed by atoms with van der Waals surface area (Å²) in [5.74, 6) is -0.356. The van der Waals surface area contributed by atoms with Crippen molar-refractivity contribution in [3.05, 3.63) is 63.2 Å². The molecule has 0 unspecified atom stereocenters. The van der Waals surface area contributed by atoms with Crippen LogP contribution in [0.15, 0.2) is 30.5 Å². The highest BCUT2D eigenvalue weighted by Crippen LogP contribution is 2.23.